The third-order valence-electron chi connectivity index (χ3n) is 1.83. The molecule has 0 fully saturated rings. The van der Waals surface area contributed by atoms with Gasteiger partial charge in [-0.05, 0) is 19.1 Å². The molecule has 94 valence electrons. The predicted molar refractivity (Wildman–Crippen MR) is 64.7 cm³/mol. The van der Waals surface area contributed by atoms with E-state index in [1.807, 2.05) is 0 Å². The van der Waals surface area contributed by atoms with E-state index in [1.165, 1.54) is 12.1 Å². The Hall–Kier alpha value is -1.50. The summed E-state index contributed by atoms with van der Waals surface area (Å²) in [5.74, 6) is 0.170. The second kappa shape index (κ2) is 6.29. The van der Waals surface area contributed by atoms with Crippen molar-refractivity contribution in [1.82, 2.24) is 10.3 Å². The first-order chi connectivity index (χ1) is 7.97. The molecule has 0 spiro atoms. The summed E-state index contributed by atoms with van der Waals surface area (Å²) in [5.41, 5.74) is 0. The fourth-order valence-electron chi connectivity index (χ4n) is 1.22. The number of aromatic nitrogens is 1. The molecule has 0 bridgehead atoms. The Labute approximate surface area is 101 Å². The summed E-state index contributed by atoms with van der Waals surface area (Å²) >= 11 is 0. The number of anilines is 1. The summed E-state index contributed by atoms with van der Waals surface area (Å²) in [6.07, 6.45) is 2.58. The van der Waals surface area contributed by atoms with E-state index in [1.54, 1.807) is 13.2 Å². The second-order valence-electron chi connectivity index (χ2n) is 3.60. The van der Waals surface area contributed by atoms with Gasteiger partial charge in [-0.15, -0.1) is 0 Å². The summed E-state index contributed by atoms with van der Waals surface area (Å²) in [7, 11) is -0.969. The number of amides is 2. The number of carbonyl (C=O) groups is 1. The molecule has 2 N–H and O–H groups in total. The lowest BCUT2D eigenvalue weighted by atomic mass is 10.4. The zero-order valence-corrected chi connectivity index (χ0v) is 10.4. The van der Waals surface area contributed by atoms with Gasteiger partial charge in [0.1, 0.15) is 11.6 Å². The number of hydrogen-bond donors (Lipinski definition) is 2. The van der Waals surface area contributed by atoms with Crippen molar-refractivity contribution in [2.75, 3.05) is 17.3 Å². The minimum absolute atomic E-state index is 0.207. The van der Waals surface area contributed by atoms with Gasteiger partial charge < -0.3 is 5.32 Å². The number of halogens is 1. The van der Waals surface area contributed by atoms with E-state index in [0.29, 0.717) is 5.75 Å². The van der Waals surface area contributed by atoms with Crippen LogP contribution in [0.2, 0.25) is 0 Å². The van der Waals surface area contributed by atoms with Crippen LogP contribution in [0.25, 0.3) is 0 Å². The van der Waals surface area contributed by atoms with E-state index in [0.717, 1.165) is 6.20 Å². The predicted octanol–water partition coefficient (Wildman–Crippen LogP) is 1.11. The summed E-state index contributed by atoms with van der Waals surface area (Å²) in [5, 5.41) is 5.04. The molecule has 5 nitrogen and oxygen atoms in total. The molecule has 1 aromatic rings. The largest absolute Gasteiger partial charge is 0.334 e. The van der Waals surface area contributed by atoms with Gasteiger partial charge in [0.2, 0.25) is 0 Å². The topological polar surface area (TPSA) is 71.1 Å². The standard InChI is InChI=1S/C10H14FN3O2S/c1-7(6-17(2)16)13-10(15)14-9-4-3-8(11)5-12-9/h3-5,7H,6H2,1-2H3,(H2,12,13,14,15). The van der Waals surface area contributed by atoms with Gasteiger partial charge in [0.15, 0.2) is 0 Å². The van der Waals surface area contributed by atoms with Crippen LogP contribution in [-0.2, 0) is 10.8 Å². The molecule has 2 atom stereocenters. The minimum atomic E-state index is -0.969. The lowest BCUT2D eigenvalue weighted by molar-refractivity contribution is 0.250. The quantitative estimate of drug-likeness (QED) is 0.851. The number of pyridine rings is 1. The molecule has 0 saturated carbocycles. The Balaban J connectivity index is 2.44. The number of rotatable bonds is 4. The first-order valence-corrected chi connectivity index (χ1v) is 6.69. The van der Waals surface area contributed by atoms with E-state index >= 15 is 0 Å². The maximum atomic E-state index is 12.6. The second-order valence-corrected chi connectivity index (χ2v) is 5.08. The van der Waals surface area contributed by atoms with Gasteiger partial charge in [-0.25, -0.2) is 14.2 Å². The van der Waals surface area contributed by atoms with Crippen LogP contribution in [0.3, 0.4) is 0 Å². The lowest BCUT2D eigenvalue weighted by Gasteiger charge is -2.12. The van der Waals surface area contributed by atoms with Crippen molar-refractivity contribution in [1.29, 1.82) is 0 Å². The smallest absolute Gasteiger partial charge is 0.320 e. The normalized spacial score (nSPS) is 13.8. The number of nitrogens with zero attached hydrogens (tertiary/aromatic N) is 1. The third kappa shape index (κ3) is 5.39. The molecule has 2 unspecified atom stereocenters. The molecule has 7 heteroatoms. The molecular formula is C10H14FN3O2S. The fourth-order valence-corrected chi connectivity index (χ4v) is 2.01. The number of nitrogens with one attached hydrogen (secondary N) is 2. The van der Waals surface area contributed by atoms with Crippen LogP contribution in [0.15, 0.2) is 18.3 Å². The molecule has 0 saturated heterocycles. The average Bonchev–Trinajstić information content (AvgIpc) is 2.19. The van der Waals surface area contributed by atoms with Gasteiger partial charge in [0, 0.05) is 28.9 Å². The molecule has 17 heavy (non-hydrogen) atoms. The Morgan fingerprint density at radius 2 is 2.29 bits per heavy atom. The summed E-state index contributed by atoms with van der Waals surface area (Å²) in [6.45, 7) is 1.75. The zero-order valence-electron chi connectivity index (χ0n) is 9.57. The molecule has 0 aliphatic heterocycles. The van der Waals surface area contributed by atoms with Crippen LogP contribution < -0.4 is 10.6 Å². The molecule has 0 aliphatic rings. The fraction of sp³-hybridized carbons (Fsp3) is 0.400. The maximum absolute atomic E-state index is 12.6. The first kappa shape index (κ1) is 13.6. The van der Waals surface area contributed by atoms with Crippen LogP contribution in [0.5, 0.6) is 0 Å². The Kier molecular flexibility index (Phi) is 5.02. The maximum Gasteiger partial charge on any atom is 0.320 e. The SMILES string of the molecule is CC(CS(C)=O)NC(=O)Nc1ccc(F)cn1. The Morgan fingerprint density at radius 3 is 2.82 bits per heavy atom. The van der Waals surface area contributed by atoms with E-state index < -0.39 is 22.6 Å². The van der Waals surface area contributed by atoms with Crippen LogP contribution >= 0.6 is 0 Å². The van der Waals surface area contributed by atoms with Crippen molar-refractivity contribution in [2.45, 2.75) is 13.0 Å². The Morgan fingerprint density at radius 1 is 1.59 bits per heavy atom. The van der Waals surface area contributed by atoms with Crippen LogP contribution in [0.4, 0.5) is 15.0 Å². The van der Waals surface area contributed by atoms with Crippen molar-refractivity contribution in [3.63, 3.8) is 0 Å². The number of urea groups is 1. The van der Waals surface area contributed by atoms with Crippen LogP contribution in [-0.4, -0.2) is 33.3 Å². The highest BCUT2D eigenvalue weighted by Gasteiger charge is 2.09. The van der Waals surface area contributed by atoms with Crippen molar-refractivity contribution >= 4 is 22.6 Å². The molecular weight excluding hydrogens is 245 g/mol. The van der Waals surface area contributed by atoms with Crippen molar-refractivity contribution in [2.24, 2.45) is 0 Å². The summed E-state index contributed by atoms with van der Waals surface area (Å²) in [6, 6.07) is 1.90. The molecule has 2 amide bonds. The van der Waals surface area contributed by atoms with Crippen LogP contribution in [0, 0.1) is 5.82 Å². The highest BCUT2D eigenvalue weighted by atomic mass is 32.2. The average molecular weight is 259 g/mol. The molecule has 0 radical (unpaired) electrons. The molecule has 1 rings (SSSR count). The Bertz CT molecular complexity index is 411. The van der Waals surface area contributed by atoms with Gasteiger partial charge in [0.25, 0.3) is 0 Å². The van der Waals surface area contributed by atoms with E-state index in [9.17, 15) is 13.4 Å². The van der Waals surface area contributed by atoms with Crippen LogP contribution in [0.1, 0.15) is 6.92 Å². The lowest BCUT2D eigenvalue weighted by Crippen LogP contribution is -2.39. The molecule has 0 aromatic carbocycles. The monoisotopic (exact) mass is 259 g/mol. The molecule has 1 heterocycles. The molecule has 1 aromatic heterocycles. The van der Waals surface area contributed by atoms with Crippen molar-refractivity contribution < 1.29 is 13.4 Å². The van der Waals surface area contributed by atoms with Gasteiger partial charge >= 0.3 is 6.03 Å². The highest BCUT2D eigenvalue weighted by molar-refractivity contribution is 7.84. The van der Waals surface area contributed by atoms with Gasteiger partial charge in [0.05, 0.1) is 6.20 Å². The summed E-state index contributed by atoms with van der Waals surface area (Å²) < 4.78 is 23.5. The van der Waals surface area contributed by atoms with Gasteiger partial charge in [-0.2, -0.15) is 0 Å². The van der Waals surface area contributed by atoms with Gasteiger partial charge in [-0.1, -0.05) is 0 Å². The zero-order chi connectivity index (χ0) is 12.8. The highest BCUT2D eigenvalue weighted by Crippen LogP contribution is 2.03. The van der Waals surface area contributed by atoms with Gasteiger partial charge in [-0.3, -0.25) is 9.53 Å². The minimum Gasteiger partial charge on any atom is -0.334 e. The summed E-state index contributed by atoms with van der Waals surface area (Å²) in [4.78, 5) is 15.1. The first-order valence-electron chi connectivity index (χ1n) is 4.96. The van der Waals surface area contributed by atoms with E-state index in [2.05, 4.69) is 15.6 Å². The van der Waals surface area contributed by atoms with E-state index in [4.69, 9.17) is 0 Å². The number of carbonyl (C=O) groups excluding carboxylic acids is 1. The van der Waals surface area contributed by atoms with E-state index in [-0.39, 0.29) is 11.9 Å². The van der Waals surface area contributed by atoms with Crippen molar-refractivity contribution in [3.05, 3.63) is 24.1 Å². The molecule has 0 aliphatic carbocycles. The van der Waals surface area contributed by atoms with Crippen molar-refractivity contribution in [3.8, 4) is 0 Å². The third-order valence-corrected chi connectivity index (χ3v) is 2.80. The number of hydrogen-bond acceptors (Lipinski definition) is 3.